The molecule has 2 amide bonds. The summed E-state index contributed by atoms with van der Waals surface area (Å²) in [7, 11) is 0. The summed E-state index contributed by atoms with van der Waals surface area (Å²) in [5.41, 5.74) is 3.04. The summed E-state index contributed by atoms with van der Waals surface area (Å²) in [6.07, 6.45) is 3.50. The minimum atomic E-state index is -0.622. The molecule has 182 valence electrons. The van der Waals surface area contributed by atoms with Crippen molar-refractivity contribution in [2.75, 3.05) is 5.32 Å². The first-order valence-corrected chi connectivity index (χ1v) is 13.2. The highest BCUT2D eigenvalue weighted by Crippen LogP contribution is 2.43. The third kappa shape index (κ3) is 4.95. The predicted molar refractivity (Wildman–Crippen MR) is 136 cm³/mol. The maximum absolute atomic E-state index is 13.8. The molecule has 6 nitrogen and oxygen atoms in total. The lowest BCUT2D eigenvalue weighted by atomic mass is 9.78. The molecule has 0 saturated heterocycles. The van der Waals surface area contributed by atoms with Gasteiger partial charge in [-0.3, -0.25) is 9.59 Å². The fourth-order valence-electron chi connectivity index (χ4n) is 4.94. The van der Waals surface area contributed by atoms with Crippen LogP contribution in [0.3, 0.4) is 0 Å². The van der Waals surface area contributed by atoms with Gasteiger partial charge in [0.15, 0.2) is 0 Å². The van der Waals surface area contributed by atoms with Gasteiger partial charge in [-0.2, -0.15) is 16.9 Å². The zero-order chi connectivity index (χ0) is 24.4. The van der Waals surface area contributed by atoms with Crippen molar-refractivity contribution in [3.8, 4) is 0 Å². The number of carbonyl (C=O) groups is 2. The fourth-order valence-corrected chi connectivity index (χ4v) is 6.10. The molecule has 1 aromatic heterocycles. The number of anilines is 1. The molecule has 0 atom stereocenters. The van der Waals surface area contributed by atoms with Gasteiger partial charge in [-0.15, -0.1) is 0 Å². The molecule has 2 aliphatic rings. The second-order valence-electron chi connectivity index (χ2n) is 9.08. The minimum absolute atomic E-state index is 0.0115. The van der Waals surface area contributed by atoms with Crippen LogP contribution in [0.2, 0.25) is 5.02 Å². The van der Waals surface area contributed by atoms with Crippen LogP contribution >= 0.6 is 23.4 Å². The highest BCUT2D eigenvalue weighted by molar-refractivity contribution is 7.98. The number of nitrogens with one attached hydrogen (secondary N) is 2. The Kier molecular flexibility index (Phi) is 6.84. The molecule has 0 bridgehead atoms. The van der Waals surface area contributed by atoms with Gasteiger partial charge in [0.25, 0.3) is 0 Å². The molecule has 1 aliphatic heterocycles. The predicted octanol–water partition coefficient (Wildman–Crippen LogP) is 5.19. The van der Waals surface area contributed by atoms with Crippen LogP contribution in [0.15, 0.2) is 48.5 Å². The van der Waals surface area contributed by atoms with Crippen LogP contribution < -0.4 is 10.6 Å². The molecule has 1 saturated carbocycles. The summed E-state index contributed by atoms with van der Waals surface area (Å²) in [5, 5.41) is 11.3. The van der Waals surface area contributed by atoms with E-state index in [0.717, 1.165) is 59.6 Å². The van der Waals surface area contributed by atoms with Crippen LogP contribution in [-0.2, 0) is 39.6 Å². The van der Waals surface area contributed by atoms with E-state index in [-0.39, 0.29) is 30.7 Å². The lowest BCUT2D eigenvalue weighted by Crippen LogP contribution is -2.39. The Balaban J connectivity index is 1.35. The second kappa shape index (κ2) is 10.0. The van der Waals surface area contributed by atoms with Crippen LogP contribution in [-0.4, -0.2) is 21.6 Å². The normalized spacial score (nSPS) is 16.2. The smallest absolute Gasteiger partial charge is 0.242 e. The van der Waals surface area contributed by atoms with Crippen LogP contribution in [0.25, 0.3) is 0 Å². The van der Waals surface area contributed by atoms with E-state index in [1.165, 1.54) is 12.1 Å². The summed E-state index contributed by atoms with van der Waals surface area (Å²) in [4.78, 5) is 26.5. The first-order valence-electron chi connectivity index (χ1n) is 11.7. The molecule has 2 aromatic carbocycles. The van der Waals surface area contributed by atoms with Crippen molar-refractivity contribution < 1.29 is 14.0 Å². The topological polar surface area (TPSA) is 76.0 Å². The average Bonchev–Trinajstić information content (AvgIpc) is 3.58. The summed E-state index contributed by atoms with van der Waals surface area (Å²) in [6.45, 7) is 0.278. The Morgan fingerprint density at radius 2 is 1.77 bits per heavy atom. The Morgan fingerprint density at radius 3 is 2.49 bits per heavy atom. The van der Waals surface area contributed by atoms with Crippen molar-refractivity contribution in [3.05, 3.63) is 81.8 Å². The minimum Gasteiger partial charge on any atom is -0.350 e. The maximum Gasteiger partial charge on any atom is 0.242 e. The van der Waals surface area contributed by atoms with E-state index in [1.807, 2.05) is 24.3 Å². The number of thioether (sulfide) groups is 1. The highest BCUT2D eigenvalue weighted by atomic mass is 35.5. The Morgan fingerprint density at radius 1 is 1.06 bits per heavy atom. The van der Waals surface area contributed by atoms with E-state index >= 15 is 0 Å². The molecule has 0 unspecified atom stereocenters. The maximum atomic E-state index is 13.8. The number of hydrogen-bond donors (Lipinski definition) is 2. The van der Waals surface area contributed by atoms with Gasteiger partial charge in [-0.1, -0.05) is 48.7 Å². The molecule has 2 heterocycles. The zero-order valence-corrected chi connectivity index (χ0v) is 20.7. The van der Waals surface area contributed by atoms with Gasteiger partial charge in [-0.05, 0) is 48.2 Å². The summed E-state index contributed by atoms with van der Waals surface area (Å²) in [6, 6.07) is 13.5. The van der Waals surface area contributed by atoms with Crippen molar-refractivity contribution in [3.63, 3.8) is 0 Å². The van der Waals surface area contributed by atoms with Crippen molar-refractivity contribution in [1.82, 2.24) is 15.1 Å². The van der Waals surface area contributed by atoms with Crippen LogP contribution in [0.4, 0.5) is 10.2 Å². The number of rotatable bonds is 7. The van der Waals surface area contributed by atoms with Gasteiger partial charge >= 0.3 is 0 Å². The lowest BCUT2D eigenvalue weighted by molar-refractivity contribution is -0.123. The van der Waals surface area contributed by atoms with Crippen LogP contribution in [0.1, 0.15) is 48.1 Å². The molecule has 1 aliphatic carbocycles. The molecule has 5 rings (SSSR count). The number of fused-ring (bicyclic) bond motifs is 1. The number of hydrogen-bond acceptors (Lipinski definition) is 4. The SMILES string of the molecule is O=C(Cn1nc2c(c1NC(=O)C1(c3ccc(Cl)cc3)CCCC1)CSC2)NCc1ccc(F)cc1. The van der Waals surface area contributed by atoms with E-state index in [0.29, 0.717) is 10.8 Å². The lowest BCUT2D eigenvalue weighted by Gasteiger charge is -2.28. The van der Waals surface area contributed by atoms with E-state index in [2.05, 4.69) is 15.7 Å². The van der Waals surface area contributed by atoms with Gasteiger partial charge in [-0.25, -0.2) is 9.07 Å². The monoisotopic (exact) mass is 512 g/mol. The van der Waals surface area contributed by atoms with Crippen LogP contribution in [0, 0.1) is 5.82 Å². The molecular weight excluding hydrogens is 487 g/mol. The van der Waals surface area contributed by atoms with E-state index in [9.17, 15) is 14.0 Å². The van der Waals surface area contributed by atoms with Gasteiger partial charge in [0.05, 0.1) is 11.1 Å². The summed E-state index contributed by atoms with van der Waals surface area (Å²) >= 11 is 7.84. The number of carbonyl (C=O) groups excluding carboxylic acids is 2. The number of aromatic nitrogens is 2. The Hall–Kier alpha value is -2.84. The van der Waals surface area contributed by atoms with Crippen LogP contribution in [0.5, 0.6) is 0 Å². The van der Waals surface area contributed by atoms with Crippen molar-refractivity contribution in [2.24, 2.45) is 0 Å². The standard InChI is InChI=1S/C26H26ClFN4O2S/c27-19-7-5-18(6-8-19)26(11-1-2-12-26)25(34)30-24-21-15-35-16-22(21)31-32(24)14-23(33)29-13-17-3-9-20(28)10-4-17/h3-10H,1-2,11-16H2,(H,29,33)(H,30,34). The van der Waals surface area contributed by atoms with Gasteiger partial charge in [0, 0.05) is 28.6 Å². The van der Waals surface area contributed by atoms with Gasteiger partial charge < -0.3 is 10.6 Å². The van der Waals surface area contributed by atoms with E-state index < -0.39 is 5.41 Å². The largest absolute Gasteiger partial charge is 0.350 e. The highest BCUT2D eigenvalue weighted by Gasteiger charge is 2.43. The van der Waals surface area contributed by atoms with E-state index in [1.54, 1.807) is 28.6 Å². The van der Waals surface area contributed by atoms with Crippen molar-refractivity contribution in [2.45, 2.75) is 55.7 Å². The molecular formula is C26H26ClFN4O2S. The molecule has 0 spiro atoms. The molecule has 9 heteroatoms. The fraction of sp³-hybridized carbons (Fsp3) is 0.346. The third-order valence-corrected chi connectivity index (χ3v) is 8.06. The number of amides is 2. The summed E-state index contributed by atoms with van der Waals surface area (Å²) < 4.78 is 14.7. The van der Waals surface area contributed by atoms with Gasteiger partial charge in [0.2, 0.25) is 11.8 Å². The van der Waals surface area contributed by atoms with Gasteiger partial charge in [0.1, 0.15) is 18.2 Å². The average molecular weight is 513 g/mol. The molecule has 0 radical (unpaired) electrons. The number of benzene rings is 2. The van der Waals surface area contributed by atoms with Crippen molar-refractivity contribution >= 4 is 41.0 Å². The molecule has 2 N–H and O–H groups in total. The molecule has 3 aromatic rings. The number of halogens is 2. The molecule has 1 fully saturated rings. The quantitative estimate of drug-likeness (QED) is 0.457. The zero-order valence-electron chi connectivity index (χ0n) is 19.2. The summed E-state index contributed by atoms with van der Waals surface area (Å²) in [5.74, 6) is 1.49. The van der Waals surface area contributed by atoms with Crippen molar-refractivity contribution in [1.29, 1.82) is 0 Å². The van der Waals surface area contributed by atoms with E-state index in [4.69, 9.17) is 11.6 Å². The first kappa shape index (κ1) is 23.9. The Bertz CT molecular complexity index is 1240. The second-order valence-corrected chi connectivity index (χ2v) is 10.5. The Labute approximate surface area is 212 Å². The first-order chi connectivity index (χ1) is 16.9. The third-order valence-electron chi connectivity index (χ3n) is 6.84. The molecule has 35 heavy (non-hydrogen) atoms. The number of nitrogens with zero attached hydrogens (tertiary/aromatic N) is 2.